The Morgan fingerprint density at radius 3 is 2.40 bits per heavy atom. The molecule has 20 heavy (non-hydrogen) atoms. The van der Waals surface area contributed by atoms with E-state index >= 15 is 0 Å². The molecule has 0 radical (unpaired) electrons. The van der Waals surface area contributed by atoms with E-state index in [1.807, 2.05) is 43.0 Å². The minimum absolute atomic E-state index is 0.188. The molecule has 2 N–H and O–H groups in total. The second-order valence-corrected chi connectivity index (χ2v) is 5.31. The number of carbonyl (C=O) groups is 1. The summed E-state index contributed by atoms with van der Waals surface area (Å²) in [7, 11) is 0. The van der Waals surface area contributed by atoms with Crippen molar-refractivity contribution in [2.24, 2.45) is 0 Å². The molecule has 0 aliphatic rings. The fourth-order valence-corrected chi connectivity index (χ4v) is 2.20. The standard InChI is InChI=1S/C16H27N3O/c1-5-18(6-2)16(20)12-19(13(3)4)11-14-8-7-9-15(17)10-14/h7-10,13H,5-6,11-12,17H2,1-4H3. The van der Waals surface area contributed by atoms with Crippen LogP contribution in [-0.2, 0) is 11.3 Å². The molecule has 1 aromatic carbocycles. The summed E-state index contributed by atoms with van der Waals surface area (Å²) in [5, 5.41) is 0. The van der Waals surface area contributed by atoms with Gasteiger partial charge in [-0.1, -0.05) is 12.1 Å². The van der Waals surface area contributed by atoms with E-state index < -0.39 is 0 Å². The van der Waals surface area contributed by atoms with Crippen LogP contribution >= 0.6 is 0 Å². The first-order valence-electron chi connectivity index (χ1n) is 7.34. The monoisotopic (exact) mass is 277 g/mol. The minimum Gasteiger partial charge on any atom is -0.399 e. The molecule has 112 valence electrons. The first kappa shape index (κ1) is 16.5. The summed E-state index contributed by atoms with van der Waals surface area (Å²) in [5.74, 6) is 0.188. The van der Waals surface area contributed by atoms with Gasteiger partial charge < -0.3 is 10.6 Å². The van der Waals surface area contributed by atoms with Gasteiger partial charge in [-0.15, -0.1) is 0 Å². The molecular weight excluding hydrogens is 250 g/mol. The van der Waals surface area contributed by atoms with Crippen LogP contribution in [0.5, 0.6) is 0 Å². The Morgan fingerprint density at radius 1 is 1.25 bits per heavy atom. The van der Waals surface area contributed by atoms with Gasteiger partial charge in [-0.2, -0.15) is 0 Å². The molecule has 0 spiro atoms. The average molecular weight is 277 g/mol. The topological polar surface area (TPSA) is 49.6 Å². The third kappa shape index (κ3) is 4.85. The van der Waals surface area contributed by atoms with E-state index in [4.69, 9.17) is 5.73 Å². The Morgan fingerprint density at radius 2 is 1.90 bits per heavy atom. The lowest BCUT2D eigenvalue weighted by Crippen LogP contribution is -2.42. The molecule has 0 aliphatic carbocycles. The molecule has 0 unspecified atom stereocenters. The van der Waals surface area contributed by atoms with Crippen LogP contribution in [0.2, 0.25) is 0 Å². The van der Waals surface area contributed by atoms with Crippen molar-refractivity contribution in [1.29, 1.82) is 0 Å². The molecule has 0 aromatic heterocycles. The first-order chi connectivity index (χ1) is 9.47. The normalized spacial score (nSPS) is 11.1. The van der Waals surface area contributed by atoms with Crippen LogP contribution < -0.4 is 5.73 Å². The number of nitrogens with zero attached hydrogens (tertiary/aromatic N) is 2. The second-order valence-electron chi connectivity index (χ2n) is 5.31. The van der Waals surface area contributed by atoms with Crippen LogP contribution in [-0.4, -0.2) is 41.4 Å². The number of nitrogens with two attached hydrogens (primary N) is 1. The molecule has 0 bridgehead atoms. The van der Waals surface area contributed by atoms with E-state index in [2.05, 4.69) is 18.7 Å². The molecule has 0 saturated carbocycles. The SMILES string of the molecule is CCN(CC)C(=O)CN(Cc1cccc(N)c1)C(C)C. The molecule has 4 nitrogen and oxygen atoms in total. The number of hydrogen-bond donors (Lipinski definition) is 1. The van der Waals surface area contributed by atoms with Gasteiger partial charge in [-0.05, 0) is 45.4 Å². The molecule has 1 amide bonds. The predicted molar refractivity (Wildman–Crippen MR) is 84.3 cm³/mol. The summed E-state index contributed by atoms with van der Waals surface area (Å²) in [4.78, 5) is 16.3. The van der Waals surface area contributed by atoms with Gasteiger partial charge in [-0.3, -0.25) is 9.69 Å². The lowest BCUT2D eigenvalue weighted by atomic mass is 10.1. The Labute approximate surface area is 122 Å². The third-order valence-corrected chi connectivity index (χ3v) is 3.52. The number of amides is 1. The molecule has 4 heteroatoms. The number of hydrogen-bond acceptors (Lipinski definition) is 3. The quantitative estimate of drug-likeness (QED) is 0.778. The number of anilines is 1. The maximum atomic E-state index is 12.2. The molecule has 1 rings (SSSR count). The molecular formula is C16H27N3O. The lowest BCUT2D eigenvalue weighted by molar-refractivity contribution is -0.132. The van der Waals surface area contributed by atoms with Crippen molar-refractivity contribution in [2.45, 2.75) is 40.3 Å². The smallest absolute Gasteiger partial charge is 0.236 e. The van der Waals surface area contributed by atoms with Crippen LogP contribution in [0.25, 0.3) is 0 Å². The molecule has 0 heterocycles. The summed E-state index contributed by atoms with van der Waals surface area (Å²) in [5.41, 5.74) is 7.72. The molecule has 0 fully saturated rings. The largest absolute Gasteiger partial charge is 0.399 e. The van der Waals surface area contributed by atoms with Crippen LogP contribution in [0.1, 0.15) is 33.3 Å². The van der Waals surface area contributed by atoms with Crippen molar-refractivity contribution >= 4 is 11.6 Å². The zero-order valence-electron chi connectivity index (χ0n) is 13.1. The zero-order valence-corrected chi connectivity index (χ0v) is 13.1. The fraction of sp³-hybridized carbons (Fsp3) is 0.562. The summed E-state index contributed by atoms with van der Waals surface area (Å²) in [6.45, 7) is 11.0. The second kappa shape index (κ2) is 7.90. The highest BCUT2D eigenvalue weighted by molar-refractivity contribution is 5.78. The molecule has 0 aliphatic heterocycles. The predicted octanol–water partition coefficient (Wildman–Crippen LogP) is 2.35. The van der Waals surface area contributed by atoms with Crippen molar-refractivity contribution in [1.82, 2.24) is 9.80 Å². The highest BCUT2D eigenvalue weighted by Crippen LogP contribution is 2.12. The van der Waals surface area contributed by atoms with Gasteiger partial charge in [0, 0.05) is 31.4 Å². The third-order valence-electron chi connectivity index (χ3n) is 3.52. The molecule has 1 aromatic rings. The van der Waals surface area contributed by atoms with Gasteiger partial charge in [0.2, 0.25) is 5.91 Å². The van der Waals surface area contributed by atoms with E-state index in [-0.39, 0.29) is 5.91 Å². The Balaban J connectivity index is 2.72. The van der Waals surface area contributed by atoms with E-state index in [9.17, 15) is 4.79 Å². The molecule has 0 atom stereocenters. The summed E-state index contributed by atoms with van der Waals surface area (Å²) < 4.78 is 0. The molecule has 0 saturated heterocycles. The lowest BCUT2D eigenvalue weighted by Gasteiger charge is -2.29. The highest BCUT2D eigenvalue weighted by Gasteiger charge is 2.17. The van der Waals surface area contributed by atoms with E-state index in [0.717, 1.165) is 30.9 Å². The van der Waals surface area contributed by atoms with E-state index in [0.29, 0.717) is 12.6 Å². The fourth-order valence-electron chi connectivity index (χ4n) is 2.20. The average Bonchev–Trinajstić information content (AvgIpc) is 2.39. The zero-order chi connectivity index (χ0) is 15.1. The number of nitrogen functional groups attached to an aromatic ring is 1. The van der Waals surface area contributed by atoms with Crippen molar-refractivity contribution in [3.8, 4) is 0 Å². The minimum atomic E-state index is 0.188. The van der Waals surface area contributed by atoms with Gasteiger partial charge >= 0.3 is 0 Å². The van der Waals surface area contributed by atoms with Gasteiger partial charge in [0.15, 0.2) is 0 Å². The van der Waals surface area contributed by atoms with Crippen LogP contribution in [0.4, 0.5) is 5.69 Å². The number of carbonyl (C=O) groups excluding carboxylic acids is 1. The van der Waals surface area contributed by atoms with Gasteiger partial charge in [0.05, 0.1) is 6.54 Å². The first-order valence-corrected chi connectivity index (χ1v) is 7.34. The van der Waals surface area contributed by atoms with Gasteiger partial charge in [-0.25, -0.2) is 0 Å². The Hall–Kier alpha value is -1.55. The van der Waals surface area contributed by atoms with Gasteiger partial charge in [0.1, 0.15) is 0 Å². The van der Waals surface area contributed by atoms with Crippen molar-refractivity contribution < 1.29 is 4.79 Å². The Kier molecular flexibility index (Phi) is 6.52. The van der Waals surface area contributed by atoms with E-state index in [1.165, 1.54) is 0 Å². The van der Waals surface area contributed by atoms with Crippen LogP contribution in [0, 0.1) is 0 Å². The van der Waals surface area contributed by atoms with Gasteiger partial charge in [0.25, 0.3) is 0 Å². The van der Waals surface area contributed by atoms with Crippen LogP contribution in [0.3, 0.4) is 0 Å². The summed E-state index contributed by atoms with van der Waals surface area (Å²) >= 11 is 0. The summed E-state index contributed by atoms with van der Waals surface area (Å²) in [6.07, 6.45) is 0. The highest BCUT2D eigenvalue weighted by atomic mass is 16.2. The Bertz CT molecular complexity index is 427. The number of benzene rings is 1. The number of likely N-dealkylation sites (N-methyl/N-ethyl adjacent to an activating group) is 1. The van der Waals surface area contributed by atoms with Crippen molar-refractivity contribution in [3.05, 3.63) is 29.8 Å². The van der Waals surface area contributed by atoms with Crippen molar-refractivity contribution in [3.63, 3.8) is 0 Å². The van der Waals surface area contributed by atoms with E-state index in [1.54, 1.807) is 0 Å². The van der Waals surface area contributed by atoms with Crippen molar-refractivity contribution in [2.75, 3.05) is 25.4 Å². The van der Waals surface area contributed by atoms with Crippen LogP contribution in [0.15, 0.2) is 24.3 Å². The summed E-state index contributed by atoms with van der Waals surface area (Å²) in [6, 6.07) is 8.17. The maximum Gasteiger partial charge on any atom is 0.236 e. The maximum absolute atomic E-state index is 12.2. The number of rotatable bonds is 7.